The van der Waals surface area contributed by atoms with Crippen LogP contribution in [0, 0.1) is 30.6 Å². The number of nitrogens with zero attached hydrogens (tertiary/aromatic N) is 2. The topological polar surface area (TPSA) is 124 Å². The van der Waals surface area contributed by atoms with Gasteiger partial charge in [0, 0.05) is 21.5 Å². The molecule has 2 heterocycles. The molecule has 2 N–H and O–H groups in total. The van der Waals surface area contributed by atoms with Crippen molar-refractivity contribution in [3.05, 3.63) is 135 Å². The lowest BCUT2D eigenvalue weighted by atomic mass is 9.49. The zero-order valence-electron chi connectivity index (χ0n) is 27.9. The predicted octanol–water partition coefficient (Wildman–Crippen LogP) is 6.86. The number of ketones is 1. The molecule has 10 heteroatoms. The van der Waals surface area contributed by atoms with E-state index in [0.29, 0.717) is 32.5 Å². The average molecular weight is 745 g/mol. The van der Waals surface area contributed by atoms with Gasteiger partial charge < -0.3 is 5.11 Å². The number of aromatic hydroxyl groups is 1. The van der Waals surface area contributed by atoms with Gasteiger partial charge in [-0.05, 0) is 92.8 Å². The molecule has 9 nitrogen and oxygen atoms in total. The number of carbonyl (C=O) groups excluding carboxylic acids is 5. The molecule has 0 spiro atoms. The maximum Gasteiger partial charge on any atom is 0.260 e. The summed E-state index contributed by atoms with van der Waals surface area (Å²) >= 11 is 3.56. The molecule has 2 aliphatic carbocycles. The van der Waals surface area contributed by atoms with Gasteiger partial charge in [-0.3, -0.25) is 34.3 Å². The third-order valence-corrected chi connectivity index (χ3v) is 11.7. The van der Waals surface area contributed by atoms with Gasteiger partial charge in [-0.25, -0.2) is 0 Å². The summed E-state index contributed by atoms with van der Waals surface area (Å²) < 4.78 is 0.671. The van der Waals surface area contributed by atoms with Crippen molar-refractivity contribution in [3.8, 4) is 5.75 Å². The molecule has 1 saturated carbocycles. The lowest BCUT2D eigenvalue weighted by Gasteiger charge is -2.50. The maximum atomic E-state index is 15.2. The third-order valence-electron chi connectivity index (χ3n) is 11.2. The Morgan fingerprint density at radius 1 is 0.863 bits per heavy atom. The number of imide groups is 2. The molecular formula is C41H34BrN3O6. The van der Waals surface area contributed by atoms with Gasteiger partial charge in [0.1, 0.15) is 5.75 Å². The van der Waals surface area contributed by atoms with Crippen molar-refractivity contribution >= 4 is 56.7 Å². The molecule has 2 aliphatic heterocycles. The number of anilines is 2. The first kappa shape index (κ1) is 32.8. The minimum atomic E-state index is -1.49. The molecule has 4 aliphatic rings. The van der Waals surface area contributed by atoms with Crippen LogP contribution in [0.3, 0.4) is 0 Å². The third kappa shape index (κ3) is 4.91. The van der Waals surface area contributed by atoms with Crippen LogP contribution in [0.5, 0.6) is 5.75 Å². The lowest BCUT2D eigenvalue weighted by Crippen LogP contribution is -2.53. The van der Waals surface area contributed by atoms with Crippen molar-refractivity contribution in [1.29, 1.82) is 0 Å². The Hall–Kier alpha value is -5.35. The highest BCUT2D eigenvalue weighted by Crippen LogP contribution is 2.65. The Morgan fingerprint density at radius 3 is 2.25 bits per heavy atom. The van der Waals surface area contributed by atoms with E-state index in [0.717, 1.165) is 16.1 Å². The summed E-state index contributed by atoms with van der Waals surface area (Å²) in [5.41, 5.74) is 5.84. The van der Waals surface area contributed by atoms with Crippen molar-refractivity contribution < 1.29 is 29.1 Å². The van der Waals surface area contributed by atoms with Crippen LogP contribution in [0.25, 0.3) is 0 Å². The lowest BCUT2D eigenvalue weighted by molar-refractivity contribution is -0.138. The van der Waals surface area contributed by atoms with E-state index in [4.69, 9.17) is 0 Å². The summed E-state index contributed by atoms with van der Waals surface area (Å²) in [6.07, 6.45) is 2.34. The number of Topliss-reactive ketones (excluding diaryl/α,β-unsaturated/α-hetero) is 1. The number of hydrazine groups is 1. The number of halogens is 1. The van der Waals surface area contributed by atoms with Gasteiger partial charge in [0.25, 0.3) is 11.8 Å². The van der Waals surface area contributed by atoms with Crippen LogP contribution < -0.4 is 10.3 Å². The highest BCUT2D eigenvalue weighted by molar-refractivity contribution is 9.10. The van der Waals surface area contributed by atoms with E-state index in [9.17, 15) is 24.3 Å². The normalized spacial score (nSPS) is 26.8. The quantitative estimate of drug-likeness (QED) is 0.126. The Morgan fingerprint density at radius 2 is 1.57 bits per heavy atom. The zero-order valence-corrected chi connectivity index (χ0v) is 29.5. The Labute approximate surface area is 303 Å². The van der Waals surface area contributed by atoms with E-state index in [2.05, 4.69) is 21.4 Å². The first-order valence-electron chi connectivity index (χ1n) is 17.0. The standard InChI is InChI=1S/C41H34BrN3O6/c1-22-8-13-27(14-9-22)43-45-38(49)33-21-31-29(17-18-30-35(31)39(50)44(37(30)48)28-15-10-24(11-16-28)23(2)46)36(32-20-26(42)12-19-34(32)47)41(33,40(45)51)25-6-4-3-5-7-25/h3-17,19-20,30-31,33,35-36,43,47H,18,21H2,1-2H3/t30-,31+,33-,35-,36+,41+/m0/s1. The molecule has 4 aromatic carbocycles. The van der Waals surface area contributed by atoms with Gasteiger partial charge in [-0.2, -0.15) is 5.01 Å². The van der Waals surface area contributed by atoms with Crippen molar-refractivity contribution in [2.45, 2.75) is 38.0 Å². The molecule has 4 amide bonds. The molecule has 8 rings (SSSR count). The maximum absolute atomic E-state index is 15.2. The van der Waals surface area contributed by atoms with Crippen LogP contribution in [0.2, 0.25) is 0 Å². The fourth-order valence-corrected chi connectivity index (χ4v) is 9.33. The number of fused-ring (bicyclic) bond motifs is 4. The molecule has 2 saturated heterocycles. The van der Waals surface area contributed by atoms with Gasteiger partial charge in [0.05, 0.1) is 34.5 Å². The van der Waals surface area contributed by atoms with Crippen molar-refractivity contribution in [2.75, 3.05) is 10.3 Å². The number of carbonyl (C=O) groups is 5. The van der Waals surface area contributed by atoms with Crippen LogP contribution in [-0.2, 0) is 24.6 Å². The highest BCUT2D eigenvalue weighted by Gasteiger charge is 2.70. The number of nitrogens with one attached hydrogen (secondary N) is 1. The number of aryl methyl sites for hydroxylation is 1. The summed E-state index contributed by atoms with van der Waals surface area (Å²) in [5.74, 6) is -5.65. The van der Waals surface area contributed by atoms with E-state index < -0.39 is 46.8 Å². The molecule has 51 heavy (non-hydrogen) atoms. The summed E-state index contributed by atoms with van der Waals surface area (Å²) in [7, 11) is 0. The number of phenols is 1. The second kappa shape index (κ2) is 12.2. The van der Waals surface area contributed by atoms with Crippen LogP contribution in [0.15, 0.2) is 113 Å². The van der Waals surface area contributed by atoms with E-state index in [1.54, 1.807) is 54.6 Å². The van der Waals surface area contributed by atoms with Crippen LogP contribution in [0.1, 0.15) is 52.7 Å². The zero-order chi connectivity index (χ0) is 35.8. The highest BCUT2D eigenvalue weighted by atomic mass is 79.9. The van der Waals surface area contributed by atoms with Crippen LogP contribution in [-0.4, -0.2) is 39.5 Å². The fraction of sp³-hybridized carbons (Fsp3) is 0.244. The second-order valence-electron chi connectivity index (χ2n) is 13.9. The first-order chi connectivity index (χ1) is 24.5. The monoisotopic (exact) mass is 743 g/mol. The fourth-order valence-electron chi connectivity index (χ4n) is 8.95. The SMILES string of the molecule is CC(=O)c1ccc(N2C(=O)[C@H]3[C@H](CC=C4[C@H]3C[C@H]3C(=O)N(Nc5ccc(C)cc5)C(=O)[C@@]3(c3ccccc3)[C@H]4c3cc(Br)ccc3O)C2=O)cc1. The summed E-state index contributed by atoms with van der Waals surface area (Å²) in [6.45, 7) is 3.40. The van der Waals surface area contributed by atoms with Crippen molar-refractivity contribution in [2.24, 2.45) is 23.7 Å². The summed E-state index contributed by atoms with van der Waals surface area (Å²) in [4.78, 5) is 71.7. The first-order valence-corrected chi connectivity index (χ1v) is 17.8. The van der Waals surface area contributed by atoms with Gasteiger partial charge in [0.2, 0.25) is 11.8 Å². The number of benzene rings is 4. The van der Waals surface area contributed by atoms with E-state index in [1.165, 1.54) is 11.8 Å². The minimum Gasteiger partial charge on any atom is -0.508 e. The average Bonchev–Trinajstić information content (AvgIpc) is 3.51. The van der Waals surface area contributed by atoms with Gasteiger partial charge in [0.15, 0.2) is 5.78 Å². The van der Waals surface area contributed by atoms with Gasteiger partial charge in [-0.1, -0.05) is 75.6 Å². The molecule has 0 unspecified atom stereocenters. The molecule has 0 bridgehead atoms. The van der Waals surface area contributed by atoms with E-state index in [1.807, 2.05) is 55.5 Å². The minimum absolute atomic E-state index is 0.0489. The van der Waals surface area contributed by atoms with Crippen molar-refractivity contribution in [1.82, 2.24) is 5.01 Å². The molecule has 6 atom stereocenters. The van der Waals surface area contributed by atoms with Crippen molar-refractivity contribution in [3.63, 3.8) is 0 Å². The van der Waals surface area contributed by atoms with Gasteiger partial charge >= 0.3 is 0 Å². The smallest absolute Gasteiger partial charge is 0.260 e. The summed E-state index contributed by atoms with van der Waals surface area (Å²) in [5, 5.41) is 12.6. The second-order valence-corrected chi connectivity index (χ2v) is 14.8. The van der Waals surface area contributed by atoms with Crippen LogP contribution in [0.4, 0.5) is 11.4 Å². The number of rotatable bonds is 6. The van der Waals surface area contributed by atoms with Crippen LogP contribution >= 0.6 is 15.9 Å². The largest absolute Gasteiger partial charge is 0.508 e. The van der Waals surface area contributed by atoms with Gasteiger partial charge in [-0.15, -0.1) is 0 Å². The summed E-state index contributed by atoms with van der Waals surface area (Å²) in [6, 6.07) is 28.0. The Balaban J connectivity index is 1.30. The molecule has 3 fully saturated rings. The predicted molar refractivity (Wildman–Crippen MR) is 194 cm³/mol. The molecular weight excluding hydrogens is 710 g/mol. The molecule has 0 aromatic heterocycles. The van der Waals surface area contributed by atoms with E-state index in [-0.39, 0.29) is 36.2 Å². The number of allylic oxidation sites excluding steroid dienone is 2. The molecule has 4 aromatic rings. The Kier molecular flexibility index (Phi) is 7.83. The number of hydrogen-bond acceptors (Lipinski definition) is 7. The Bertz CT molecular complexity index is 2170. The number of phenolic OH excluding ortho intramolecular Hbond substituents is 1. The molecule has 0 radical (unpaired) electrons. The molecule has 256 valence electrons. The number of hydrogen-bond donors (Lipinski definition) is 2. The number of amides is 4. The van der Waals surface area contributed by atoms with E-state index >= 15 is 4.79 Å².